The first kappa shape index (κ1) is 23.8. The van der Waals surface area contributed by atoms with Crippen molar-refractivity contribution >= 4 is 35.0 Å². The van der Waals surface area contributed by atoms with Gasteiger partial charge in [-0.05, 0) is 41.1 Å². The van der Waals surface area contributed by atoms with Crippen molar-refractivity contribution < 1.29 is 19.1 Å². The number of hydrogen-bond donors (Lipinski definition) is 1. The zero-order valence-electron chi connectivity index (χ0n) is 19.1. The summed E-state index contributed by atoms with van der Waals surface area (Å²) in [5.41, 5.74) is 2.07. The average molecular weight is 481 g/mol. The molecule has 0 aromatic heterocycles. The van der Waals surface area contributed by atoms with Crippen LogP contribution in [0, 0.1) is 0 Å². The molecule has 0 unspecified atom stereocenters. The van der Waals surface area contributed by atoms with Crippen LogP contribution in [0.25, 0.3) is 6.08 Å². The highest BCUT2D eigenvalue weighted by Gasteiger charge is 2.34. The van der Waals surface area contributed by atoms with Gasteiger partial charge in [0.1, 0.15) is 5.75 Å². The molecule has 0 aliphatic carbocycles. The van der Waals surface area contributed by atoms with Crippen LogP contribution in [0.15, 0.2) is 59.5 Å². The van der Waals surface area contributed by atoms with Gasteiger partial charge in [-0.25, -0.2) is 4.79 Å². The van der Waals surface area contributed by atoms with E-state index in [9.17, 15) is 14.4 Å². The number of piperazine rings is 1. The Kier molecular flexibility index (Phi) is 7.87. The van der Waals surface area contributed by atoms with Crippen LogP contribution in [0.5, 0.6) is 5.75 Å². The van der Waals surface area contributed by atoms with E-state index in [4.69, 9.17) is 4.74 Å². The molecule has 4 rings (SSSR count). The van der Waals surface area contributed by atoms with Crippen LogP contribution < -0.4 is 10.1 Å². The third-order valence-electron chi connectivity index (χ3n) is 5.81. The standard InChI is InChI=1S/C25H28N4O4S/c1-33-21-9-7-19(8-10-21)17-22-23(30)29(25(32)34-22)12-11-26-24(31)28-15-13-27(14-16-28)18-20-5-3-2-4-6-20/h2-10,17H,11-16,18H2,1H3,(H,26,31)/b22-17-. The minimum atomic E-state index is -0.338. The fourth-order valence-electron chi connectivity index (χ4n) is 3.88. The third kappa shape index (κ3) is 5.98. The summed E-state index contributed by atoms with van der Waals surface area (Å²) in [6, 6.07) is 17.4. The molecule has 4 amide bonds. The fourth-order valence-corrected chi connectivity index (χ4v) is 4.75. The van der Waals surface area contributed by atoms with Gasteiger partial charge in [-0.3, -0.25) is 19.4 Å². The van der Waals surface area contributed by atoms with E-state index in [0.717, 1.165) is 42.7 Å². The van der Waals surface area contributed by atoms with E-state index in [1.165, 1.54) is 10.5 Å². The average Bonchev–Trinajstić information content (AvgIpc) is 3.13. The van der Waals surface area contributed by atoms with Crippen LogP contribution in [0.4, 0.5) is 9.59 Å². The predicted molar refractivity (Wildman–Crippen MR) is 132 cm³/mol. The summed E-state index contributed by atoms with van der Waals surface area (Å²) >= 11 is 0.913. The van der Waals surface area contributed by atoms with Crippen molar-refractivity contribution in [2.75, 3.05) is 46.4 Å². The van der Waals surface area contributed by atoms with Crippen LogP contribution in [0.3, 0.4) is 0 Å². The van der Waals surface area contributed by atoms with E-state index >= 15 is 0 Å². The molecular weight excluding hydrogens is 452 g/mol. The van der Waals surface area contributed by atoms with Gasteiger partial charge in [0.25, 0.3) is 11.1 Å². The maximum atomic E-state index is 12.7. The SMILES string of the molecule is COc1ccc(/C=C2\SC(=O)N(CCNC(=O)N3CCN(Cc4ccccc4)CC3)C2=O)cc1. The monoisotopic (exact) mass is 480 g/mol. The predicted octanol–water partition coefficient (Wildman–Crippen LogP) is 3.26. The van der Waals surface area contributed by atoms with Gasteiger partial charge in [0.05, 0.1) is 12.0 Å². The zero-order chi connectivity index (χ0) is 23.9. The summed E-state index contributed by atoms with van der Waals surface area (Å²) in [4.78, 5) is 43.2. The Hall–Kier alpha value is -3.30. The van der Waals surface area contributed by atoms with E-state index in [1.807, 2.05) is 30.3 Å². The molecule has 8 nitrogen and oxygen atoms in total. The number of nitrogens with one attached hydrogen (secondary N) is 1. The molecule has 0 radical (unpaired) electrons. The molecule has 0 atom stereocenters. The Morgan fingerprint density at radius 3 is 2.41 bits per heavy atom. The summed E-state index contributed by atoms with van der Waals surface area (Å²) in [5, 5.41) is 2.52. The summed E-state index contributed by atoms with van der Waals surface area (Å²) in [7, 11) is 1.59. The van der Waals surface area contributed by atoms with Gasteiger partial charge in [0.2, 0.25) is 0 Å². The Morgan fingerprint density at radius 2 is 1.74 bits per heavy atom. The Labute approximate surface area is 203 Å². The van der Waals surface area contributed by atoms with Crippen molar-refractivity contribution in [3.8, 4) is 5.75 Å². The quantitative estimate of drug-likeness (QED) is 0.613. The largest absolute Gasteiger partial charge is 0.497 e. The first-order valence-electron chi connectivity index (χ1n) is 11.2. The lowest BCUT2D eigenvalue weighted by molar-refractivity contribution is -0.122. The number of urea groups is 1. The maximum absolute atomic E-state index is 12.7. The minimum Gasteiger partial charge on any atom is -0.497 e. The number of methoxy groups -OCH3 is 1. The number of carbonyl (C=O) groups is 3. The van der Waals surface area contributed by atoms with Crippen LogP contribution in [-0.2, 0) is 11.3 Å². The van der Waals surface area contributed by atoms with Crippen LogP contribution in [-0.4, -0.2) is 78.3 Å². The molecule has 0 spiro atoms. The maximum Gasteiger partial charge on any atom is 0.317 e. The number of rotatable bonds is 7. The zero-order valence-corrected chi connectivity index (χ0v) is 19.9. The molecule has 34 heavy (non-hydrogen) atoms. The first-order valence-corrected chi connectivity index (χ1v) is 12.0. The number of imide groups is 1. The fraction of sp³-hybridized carbons (Fsp3) is 0.320. The number of amides is 4. The smallest absolute Gasteiger partial charge is 0.317 e. The lowest BCUT2D eigenvalue weighted by Gasteiger charge is -2.34. The molecule has 178 valence electrons. The van der Waals surface area contributed by atoms with Crippen LogP contribution in [0.1, 0.15) is 11.1 Å². The second kappa shape index (κ2) is 11.2. The molecule has 2 heterocycles. The van der Waals surface area contributed by atoms with Gasteiger partial charge in [-0.1, -0.05) is 42.5 Å². The van der Waals surface area contributed by atoms with E-state index in [2.05, 4.69) is 22.3 Å². The van der Waals surface area contributed by atoms with Crippen molar-refractivity contribution in [2.45, 2.75) is 6.54 Å². The topological polar surface area (TPSA) is 82.2 Å². The lowest BCUT2D eigenvalue weighted by Crippen LogP contribution is -2.52. The summed E-state index contributed by atoms with van der Waals surface area (Å²) < 4.78 is 5.14. The first-order chi connectivity index (χ1) is 16.5. The molecule has 2 aromatic carbocycles. The highest BCUT2D eigenvalue weighted by molar-refractivity contribution is 8.18. The lowest BCUT2D eigenvalue weighted by atomic mass is 10.2. The number of ether oxygens (including phenoxy) is 1. The number of hydrogen-bond acceptors (Lipinski definition) is 6. The Balaban J connectivity index is 1.21. The molecule has 2 saturated heterocycles. The van der Waals surface area contributed by atoms with E-state index in [1.54, 1.807) is 30.2 Å². The molecule has 1 N–H and O–H groups in total. The van der Waals surface area contributed by atoms with Crippen molar-refractivity contribution in [1.29, 1.82) is 0 Å². The molecule has 2 aromatic rings. The normalized spacial score (nSPS) is 18.0. The van der Waals surface area contributed by atoms with Gasteiger partial charge >= 0.3 is 6.03 Å². The number of carbonyl (C=O) groups excluding carboxylic acids is 3. The summed E-state index contributed by atoms with van der Waals surface area (Å²) in [5.74, 6) is 0.383. The third-order valence-corrected chi connectivity index (χ3v) is 6.71. The van der Waals surface area contributed by atoms with Gasteiger partial charge in [0.15, 0.2) is 0 Å². The second-order valence-electron chi connectivity index (χ2n) is 8.09. The van der Waals surface area contributed by atoms with Crippen LogP contribution >= 0.6 is 11.8 Å². The molecular formula is C25H28N4O4S. The minimum absolute atomic E-state index is 0.143. The van der Waals surface area contributed by atoms with Crippen molar-refractivity contribution in [3.63, 3.8) is 0 Å². The Morgan fingerprint density at radius 1 is 1.03 bits per heavy atom. The highest BCUT2D eigenvalue weighted by atomic mass is 32.2. The molecule has 0 saturated carbocycles. The van der Waals surface area contributed by atoms with E-state index < -0.39 is 0 Å². The molecule has 2 aliphatic rings. The molecule has 0 bridgehead atoms. The van der Waals surface area contributed by atoms with Gasteiger partial charge in [-0.2, -0.15) is 0 Å². The number of benzene rings is 2. The summed E-state index contributed by atoms with van der Waals surface area (Å²) in [6.07, 6.45) is 1.69. The van der Waals surface area contributed by atoms with Crippen LogP contribution in [0.2, 0.25) is 0 Å². The molecule has 2 fully saturated rings. The molecule has 9 heteroatoms. The van der Waals surface area contributed by atoms with Gasteiger partial charge < -0.3 is 15.0 Å². The van der Waals surface area contributed by atoms with Crippen molar-refractivity contribution in [2.24, 2.45) is 0 Å². The van der Waals surface area contributed by atoms with Crippen molar-refractivity contribution in [3.05, 3.63) is 70.6 Å². The van der Waals surface area contributed by atoms with E-state index in [0.29, 0.717) is 18.0 Å². The molecule has 2 aliphatic heterocycles. The van der Waals surface area contributed by atoms with Gasteiger partial charge in [-0.15, -0.1) is 0 Å². The number of nitrogens with zero attached hydrogens (tertiary/aromatic N) is 3. The number of thioether (sulfide) groups is 1. The Bertz CT molecular complexity index is 1050. The summed E-state index contributed by atoms with van der Waals surface area (Å²) in [6.45, 7) is 4.14. The van der Waals surface area contributed by atoms with Crippen molar-refractivity contribution in [1.82, 2.24) is 20.0 Å². The van der Waals surface area contributed by atoms with E-state index in [-0.39, 0.29) is 30.3 Å². The van der Waals surface area contributed by atoms with Gasteiger partial charge in [0, 0.05) is 45.8 Å². The second-order valence-corrected chi connectivity index (χ2v) is 9.08. The highest BCUT2D eigenvalue weighted by Crippen LogP contribution is 2.32.